The van der Waals surface area contributed by atoms with Crippen LogP contribution in [0, 0.1) is 0 Å². The quantitative estimate of drug-likeness (QED) is 0.692. The standard InChI is InChI=1S/C19H26N4O2S/c1-4-25-16-9-7-15(8-10-16)17-6-5-11-22(17)18(24)12-26-19-21-20-13-23(19)14(2)3/h7-10,13-14,17H,4-6,11-12H2,1-3H3. The first-order chi connectivity index (χ1) is 12.6. The third-order valence-corrected chi connectivity index (χ3v) is 5.51. The maximum Gasteiger partial charge on any atom is 0.233 e. The van der Waals surface area contributed by atoms with Crippen LogP contribution in [0.2, 0.25) is 0 Å². The molecule has 1 atom stereocenters. The molecule has 0 radical (unpaired) electrons. The highest BCUT2D eigenvalue weighted by Crippen LogP contribution is 2.33. The van der Waals surface area contributed by atoms with Crippen molar-refractivity contribution in [1.82, 2.24) is 19.7 Å². The van der Waals surface area contributed by atoms with E-state index in [1.54, 1.807) is 6.33 Å². The fraction of sp³-hybridized carbons (Fsp3) is 0.526. The predicted octanol–water partition coefficient (Wildman–Crippen LogP) is 3.71. The van der Waals surface area contributed by atoms with Gasteiger partial charge in [0.2, 0.25) is 5.91 Å². The van der Waals surface area contributed by atoms with Crippen molar-refractivity contribution >= 4 is 17.7 Å². The molecule has 1 aliphatic heterocycles. The molecular formula is C19H26N4O2S. The summed E-state index contributed by atoms with van der Waals surface area (Å²) in [5.74, 6) is 1.42. The summed E-state index contributed by atoms with van der Waals surface area (Å²) >= 11 is 1.46. The average molecular weight is 375 g/mol. The van der Waals surface area contributed by atoms with Gasteiger partial charge in [0.1, 0.15) is 12.1 Å². The van der Waals surface area contributed by atoms with Crippen molar-refractivity contribution in [1.29, 1.82) is 0 Å². The summed E-state index contributed by atoms with van der Waals surface area (Å²) in [7, 11) is 0. The van der Waals surface area contributed by atoms with Gasteiger partial charge in [0.05, 0.1) is 18.4 Å². The second-order valence-corrected chi connectivity index (χ2v) is 7.59. The molecule has 6 nitrogen and oxygen atoms in total. The minimum Gasteiger partial charge on any atom is -0.494 e. The molecule has 1 amide bonds. The zero-order valence-electron chi connectivity index (χ0n) is 15.6. The van der Waals surface area contributed by atoms with Crippen molar-refractivity contribution in [2.45, 2.75) is 50.9 Å². The molecule has 1 unspecified atom stereocenters. The van der Waals surface area contributed by atoms with Gasteiger partial charge in [-0.1, -0.05) is 23.9 Å². The van der Waals surface area contributed by atoms with Gasteiger partial charge in [-0.05, 0) is 51.3 Å². The fourth-order valence-electron chi connectivity index (χ4n) is 3.26. The van der Waals surface area contributed by atoms with Crippen LogP contribution in [0.5, 0.6) is 5.75 Å². The van der Waals surface area contributed by atoms with Gasteiger partial charge in [0.15, 0.2) is 5.16 Å². The normalized spacial score (nSPS) is 17.1. The Kier molecular flexibility index (Phi) is 6.19. The van der Waals surface area contributed by atoms with Crippen molar-refractivity contribution < 1.29 is 9.53 Å². The Morgan fingerprint density at radius 1 is 1.35 bits per heavy atom. The average Bonchev–Trinajstić information content (AvgIpc) is 3.30. The van der Waals surface area contributed by atoms with E-state index in [0.717, 1.165) is 30.3 Å². The van der Waals surface area contributed by atoms with E-state index < -0.39 is 0 Å². The first-order valence-corrected chi connectivity index (χ1v) is 10.1. The van der Waals surface area contributed by atoms with Gasteiger partial charge < -0.3 is 14.2 Å². The van der Waals surface area contributed by atoms with Gasteiger partial charge in [-0.3, -0.25) is 4.79 Å². The van der Waals surface area contributed by atoms with E-state index in [4.69, 9.17) is 4.74 Å². The molecule has 7 heteroatoms. The van der Waals surface area contributed by atoms with Crippen LogP contribution in [0.3, 0.4) is 0 Å². The number of amides is 1. The number of hydrogen-bond donors (Lipinski definition) is 0. The van der Waals surface area contributed by atoms with Crippen LogP contribution in [-0.2, 0) is 4.79 Å². The summed E-state index contributed by atoms with van der Waals surface area (Å²) in [6, 6.07) is 8.56. The summed E-state index contributed by atoms with van der Waals surface area (Å²) in [6.07, 6.45) is 3.76. The summed E-state index contributed by atoms with van der Waals surface area (Å²) in [4.78, 5) is 14.8. The van der Waals surface area contributed by atoms with Gasteiger partial charge in [-0.15, -0.1) is 10.2 Å². The Morgan fingerprint density at radius 3 is 2.81 bits per heavy atom. The van der Waals surface area contributed by atoms with E-state index in [2.05, 4.69) is 36.2 Å². The molecule has 26 heavy (non-hydrogen) atoms. The minimum absolute atomic E-state index is 0.154. The number of rotatable bonds is 7. The first kappa shape index (κ1) is 18.8. The Hall–Kier alpha value is -2.02. The Bertz CT molecular complexity index is 729. The lowest BCUT2D eigenvalue weighted by atomic mass is 10.0. The highest BCUT2D eigenvalue weighted by Gasteiger charge is 2.30. The van der Waals surface area contributed by atoms with Crippen LogP contribution in [0.15, 0.2) is 35.7 Å². The molecule has 1 fully saturated rings. The number of carbonyl (C=O) groups is 1. The van der Waals surface area contributed by atoms with Gasteiger partial charge in [0, 0.05) is 12.6 Å². The number of thioether (sulfide) groups is 1. The molecule has 1 aromatic heterocycles. The molecule has 0 spiro atoms. The predicted molar refractivity (Wildman–Crippen MR) is 102 cm³/mol. The number of likely N-dealkylation sites (tertiary alicyclic amines) is 1. The smallest absolute Gasteiger partial charge is 0.233 e. The topological polar surface area (TPSA) is 60.2 Å². The molecule has 2 aromatic rings. The molecule has 0 N–H and O–H groups in total. The summed E-state index contributed by atoms with van der Waals surface area (Å²) in [5.41, 5.74) is 1.18. The number of hydrogen-bond acceptors (Lipinski definition) is 5. The van der Waals surface area contributed by atoms with Crippen molar-refractivity contribution in [2.75, 3.05) is 18.9 Å². The second-order valence-electron chi connectivity index (χ2n) is 6.65. The van der Waals surface area contributed by atoms with E-state index in [-0.39, 0.29) is 18.0 Å². The van der Waals surface area contributed by atoms with Crippen LogP contribution < -0.4 is 4.74 Å². The lowest BCUT2D eigenvalue weighted by Crippen LogP contribution is -2.32. The van der Waals surface area contributed by atoms with E-state index in [0.29, 0.717) is 12.4 Å². The minimum atomic E-state index is 0.154. The fourth-order valence-corrected chi connectivity index (χ4v) is 4.19. The zero-order valence-corrected chi connectivity index (χ0v) is 16.4. The number of nitrogens with zero attached hydrogens (tertiary/aromatic N) is 4. The maximum atomic E-state index is 12.8. The van der Waals surface area contributed by atoms with E-state index in [1.807, 2.05) is 28.5 Å². The Morgan fingerprint density at radius 2 is 2.12 bits per heavy atom. The zero-order chi connectivity index (χ0) is 18.5. The molecule has 1 saturated heterocycles. The van der Waals surface area contributed by atoms with Gasteiger partial charge >= 0.3 is 0 Å². The van der Waals surface area contributed by atoms with Gasteiger partial charge in [-0.25, -0.2) is 0 Å². The molecule has 0 saturated carbocycles. The SMILES string of the molecule is CCOc1ccc(C2CCCN2C(=O)CSc2nncn2C(C)C)cc1. The number of aromatic nitrogens is 3. The lowest BCUT2D eigenvalue weighted by molar-refractivity contribution is -0.129. The summed E-state index contributed by atoms with van der Waals surface area (Å²) < 4.78 is 7.50. The van der Waals surface area contributed by atoms with Crippen LogP contribution in [-0.4, -0.2) is 44.5 Å². The monoisotopic (exact) mass is 374 g/mol. The molecule has 2 heterocycles. The molecule has 140 valence electrons. The van der Waals surface area contributed by atoms with Crippen LogP contribution in [0.25, 0.3) is 0 Å². The summed E-state index contributed by atoms with van der Waals surface area (Å²) in [6.45, 7) is 7.61. The van der Waals surface area contributed by atoms with E-state index >= 15 is 0 Å². The number of ether oxygens (including phenoxy) is 1. The van der Waals surface area contributed by atoms with Crippen LogP contribution in [0.4, 0.5) is 0 Å². The molecule has 0 aliphatic carbocycles. The van der Waals surface area contributed by atoms with Crippen molar-refractivity contribution in [3.8, 4) is 5.75 Å². The number of benzene rings is 1. The molecular weight excluding hydrogens is 348 g/mol. The number of carbonyl (C=O) groups excluding carboxylic acids is 1. The van der Waals surface area contributed by atoms with E-state index in [1.165, 1.54) is 17.3 Å². The van der Waals surface area contributed by atoms with Gasteiger partial charge in [0.25, 0.3) is 0 Å². The third kappa shape index (κ3) is 4.20. The van der Waals surface area contributed by atoms with Crippen molar-refractivity contribution in [2.24, 2.45) is 0 Å². The van der Waals surface area contributed by atoms with Crippen molar-refractivity contribution in [3.63, 3.8) is 0 Å². The highest BCUT2D eigenvalue weighted by molar-refractivity contribution is 7.99. The maximum absolute atomic E-state index is 12.8. The second kappa shape index (κ2) is 8.58. The molecule has 3 rings (SSSR count). The molecule has 0 bridgehead atoms. The van der Waals surface area contributed by atoms with Crippen molar-refractivity contribution in [3.05, 3.63) is 36.2 Å². The van der Waals surface area contributed by atoms with E-state index in [9.17, 15) is 4.79 Å². The lowest BCUT2D eigenvalue weighted by Gasteiger charge is -2.25. The summed E-state index contributed by atoms with van der Waals surface area (Å²) in [5, 5.41) is 8.89. The molecule has 1 aliphatic rings. The van der Waals surface area contributed by atoms with Crippen LogP contribution in [0.1, 0.15) is 51.3 Å². The van der Waals surface area contributed by atoms with Gasteiger partial charge in [-0.2, -0.15) is 0 Å². The third-order valence-electron chi connectivity index (χ3n) is 4.57. The Labute approximate surface area is 158 Å². The van der Waals surface area contributed by atoms with Crippen LogP contribution >= 0.6 is 11.8 Å². The molecule has 1 aromatic carbocycles. The first-order valence-electron chi connectivity index (χ1n) is 9.14. The highest BCUT2D eigenvalue weighted by atomic mass is 32.2. The Balaban J connectivity index is 1.63. The largest absolute Gasteiger partial charge is 0.494 e.